The summed E-state index contributed by atoms with van der Waals surface area (Å²) in [6.45, 7) is 5.02. The molecule has 0 N–H and O–H groups in total. The van der Waals surface area contributed by atoms with Crippen LogP contribution < -0.4 is 0 Å². The topological polar surface area (TPSA) is 76.9 Å². The van der Waals surface area contributed by atoms with E-state index in [1.165, 1.54) is 24.3 Å². The summed E-state index contributed by atoms with van der Waals surface area (Å²) in [7, 11) is 0. The molecule has 19 heteroatoms. The minimum Gasteiger partial charge on any atom is -0.814 e. The smallest absolute Gasteiger partial charge is 0.417 e. The first kappa shape index (κ1) is 49.0. The molecule has 2 aromatic heterocycles. The van der Waals surface area contributed by atoms with Crippen molar-refractivity contribution in [3.8, 4) is 22.3 Å². The summed E-state index contributed by atoms with van der Waals surface area (Å²) in [6, 6.07) is 9.08. The zero-order valence-corrected chi connectivity index (χ0v) is 32.7. The number of likely N-dealkylation sites (tertiary alicyclic amines) is 2. The Labute approximate surface area is 343 Å². The summed E-state index contributed by atoms with van der Waals surface area (Å²) >= 11 is 0. The van der Waals surface area contributed by atoms with Crippen molar-refractivity contribution in [3.63, 3.8) is 0 Å². The van der Waals surface area contributed by atoms with E-state index >= 15 is 0 Å². The number of nitrogens with zero attached hydrogens (tertiary/aromatic N) is 6. The Balaban J connectivity index is 0.00000125. The molecular weight excluding hydrogens is 847 g/mol. The molecule has 2 aromatic carbocycles. The van der Waals surface area contributed by atoms with Crippen molar-refractivity contribution in [2.24, 2.45) is 0 Å². The number of rotatable bonds is 7. The molecule has 2 saturated heterocycles. The van der Waals surface area contributed by atoms with Crippen LogP contribution in [-0.2, 0) is 54.9 Å². The number of benzene rings is 2. The quantitative estimate of drug-likeness (QED) is 0.105. The van der Waals surface area contributed by atoms with Crippen LogP contribution in [0.2, 0.25) is 0 Å². The van der Waals surface area contributed by atoms with E-state index in [2.05, 4.69) is 19.8 Å². The summed E-state index contributed by atoms with van der Waals surface area (Å²) in [5.74, 6) is 0. The zero-order chi connectivity index (χ0) is 43.1. The number of aromatic nitrogens is 2. The van der Waals surface area contributed by atoms with Crippen LogP contribution >= 0.6 is 0 Å². The fraction of sp³-hybridized carbons (Fsp3) is 0.400. The molecule has 6 nitrogen and oxygen atoms in total. The van der Waals surface area contributed by atoms with Crippen molar-refractivity contribution in [3.05, 3.63) is 118 Å². The van der Waals surface area contributed by atoms with E-state index in [0.29, 0.717) is 60.9 Å². The molecule has 321 valence electrons. The van der Waals surface area contributed by atoms with Gasteiger partial charge in [-0.05, 0) is 75.2 Å². The minimum atomic E-state index is -5.03. The van der Waals surface area contributed by atoms with E-state index in [9.17, 15) is 52.7 Å². The third-order valence-corrected chi connectivity index (χ3v) is 9.58. The van der Waals surface area contributed by atoms with Crippen LogP contribution in [0.15, 0.2) is 73.1 Å². The minimum absolute atomic E-state index is 0. The third-order valence-electron chi connectivity index (χ3n) is 9.58. The van der Waals surface area contributed by atoms with E-state index in [4.69, 9.17) is 10.8 Å². The standard InChI is InChI=1S/C36H30F12N4.2C2H4N.Mn/c37-33(38,39)25-5-1-6-26(34(40,41)42)31(25)21-11-13-23(49-17-21)19-51-15-3-9-29(51)30-10-4-16-52(30)20-24-14-12-22(18-50-24)32-27(35(43,44)45)7-2-8-28(32)36(46,47)48;2*1-2-3;/h1-2,5-8,11-14,17-18,29-30H,3-4,9-10,15-16,19-20H2;2*2H,1H3;/q;2*-1;/t29-,30-;;;/m1.../s1. The van der Waals surface area contributed by atoms with Gasteiger partial charge in [-0.15, -0.1) is 0 Å². The maximum atomic E-state index is 13.7. The van der Waals surface area contributed by atoms with Gasteiger partial charge in [0.25, 0.3) is 0 Å². The molecule has 1 radical (unpaired) electrons. The average molecular weight is 886 g/mol. The Morgan fingerprint density at radius 1 is 0.542 bits per heavy atom. The van der Waals surface area contributed by atoms with Crippen LogP contribution in [0.4, 0.5) is 52.7 Å². The van der Waals surface area contributed by atoms with E-state index in [-0.39, 0.29) is 53.4 Å². The molecule has 0 aliphatic carbocycles. The first-order valence-electron chi connectivity index (χ1n) is 17.9. The molecule has 2 atom stereocenters. The summed E-state index contributed by atoms with van der Waals surface area (Å²) in [5.41, 5.74) is -7.39. The largest absolute Gasteiger partial charge is 0.814 e. The number of hydrogen-bond donors (Lipinski definition) is 0. The third kappa shape index (κ3) is 12.4. The second-order valence-corrected chi connectivity index (χ2v) is 13.4. The molecule has 4 aromatic rings. The van der Waals surface area contributed by atoms with Crippen molar-refractivity contribution >= 4 is 12.4 Å². The number of halogens is 12. The van der Waals surface area contributed by atoms with E-state index in [1.54, 1.807) is 13.8 Å². The summed E-state index contributed by atoms with van der Waals surface area (Å²) in [5, 5.41) is 14.9. The fourth-order valence-electron chi connectivity index (χ4n) is 7.39. The molecule has 2 aliphatic rings. The molecule has 0 saturated carbocycles. The second kappa shape index (κ2) is 20.3. The van der Waals surface area contributed by atoms with Crippen LogP contribution in [0.3, 0.4) is 0 Å². The summed E-state index contributed by atoms with van der Waals surface area (Å²) < 4.78 is 165. The van der Waals surface area contributed by atoms with Crippen molar-refractivity contribution in [2.45, 2.75) is 89.4 Å². The number of alkyl halides is 12. The van der Waals surface area contributed by atoms with Gasteiger partial charge in [-0.25, -0.2) is 12.4 Å². The van der Waals surface area contributed by atoms with Gasteiger partial charge in [-0.3, -0.25) is 19.8 Å². The number of hydrogen-bond acceptors (Lipinski definition) is 4. The van der Waals surface area contributed by atoms with Gasteiger partial charge in [0.15, 0.2) is 0 Å². The normalized spacial score (nSPS) is 17.6. The van der Waals surface area contributed by atoms with Gasteiger partial charge in [-0.1, -0.05) is 38.1 Å². The predicted molar refractivity (Wildman–Crippen MR) is 196 cm³/mol. The van der Waals surface area contributed by atoms with Crippen LogP contribution in [0.5, 0.6) is 0 Å². The van der Waals surface area contributed by atoms with Crippen LogP contribution in [0.1, 0.15) is 73.2 Å². The van der Waals surface area contributed by atoms with Crippen LogP contribution in [0.25, 0.3) is 33.1 Å². The van der Waals surface area contributed by atoms with Gasteiger partial charge < -0.3 is 10.8 Å². The fourth-order valence-corrected chi connectivity index (χ4v) is 7.39. The summed E-state index contributed by atoms with van der Waals surface area (Å²) in [4.78, 5) is 12.8. The molecule has 6 rings (SSSR count). The molecule has 59 heavy (non-hydrogen) atoms. The maximum absolute atomic E-state index is 13.7. The Hall–Kier alpha value is -4.32. The van der Waals surface area contributed by atoms with Gasteiger partial charge in [-0.2, -0.15) is 52.7 Å². The Kier molecular flexibility index (Phi) is 16.9. The molecule has 4 heterocycles. The van der Waals surface area contributed by atoms with Crippen molar-refractivity contribution in [1.29, 1.82) is 0 Å². The van der Waals surface area contributed by atoms with Crippen LogP contribution in [0, 0.1) is 0 Å². The van der Waals surface area contributed by atoms with E-state index in [1.807, 2.05) is 0 Å². The predicted octanol–water partition coefficient (Wildman–Crippen LogP) is 11.8. The van der Waals surface area contributed by atoms with Crippen molar-refractivity contribution < 1.29 is 69.8 Å². The molecule has 0 spiro atoms. The first-order valence-corrected chi connectivity index (χ1v) is 17.9. The first-order chi connectivity index (χ1) is 27.1. The van der Waals surface area contributed by atoms with E-state index < -0.39 is 58.1 Å². The van der Waals surface area contributed by atoms with Gasteiger partial charge in [0.1, 0.15) is 0 Å². The Morgan fingerprint density at radius 3 is 1.07 bits per heavy atom. The average Bonchev–Trinajstić information content (AvgIpc) is 3.80. The molecule has 2 aliphatic heterocycles. The van der Waals surface area contributed by atoms with Gasteiger partial charge in [0, 0.05) is 76.9 Å². The molecule has 0 unspecified atom stereocenters. The van der Waals surface area contributed by atoms with Gasteiger partial charge >= 0.3 is 24.7 Å². The molecule has 0 amide bonds. The Bertz CT molecular complexity index is 1770. The molecule has 0 bridgehead atoms. The monoisotopic (exact) mass is 885 g/mol. The number of pyridine rings is 2. The maximum Gasteiger partial charge on any atom is 0.417 e. The van der Waals surface area contributed by atoms with Crippen molar-refractivity contribution in [1.82, 2.24) is 19.8 Å². The zero-order valence-electron chi connectivity index (χ0n) is 31.5. The van der Waals surface area contributed by atoms with Crippen molar-refractivity contribution in [2.75, 3.05) is 13.1 Å². The molecular formula is C40H38F12MnN6-2. The van der Waals surface area contributed by atoms with Crippen LogP contribution in [-0.4, -0.2) is 57.4 Å². The van der Waals surface area contributed by atoms with E-state index in [0.717, 1.165) is 50.5 Å². The Morgan fingerprint density at radius 2 is 0.831 bits per heavy atom. The van der Waals surface area contributed by atoms with Gasteiger partial charge in [0.05, 0.1) is 33.6 Å². The summed E-state index contributed by atoms with van der Waals surface area (Å²) in [6.07, 6.45) is -12.8. The SMILES string of the molecule is CC=[N-].CC=[N-].FC(F)(F)c1cccc(C(F)(F)F)c1-c1ccc(CN2CCC[C@@H]2[C@H]2CCCN2Cc2ccc(-c3c(C(F)(F)F)cccc3C(F)(F)F)cn2)nc1.[Mn]. The second-order valence-electron chi connectivity index (χ2n) is 13.4. The molecule has 2 fully saturated rings. The van der Waals surface area contributed by atoms with Gasteiger partial charge in [0.2, 0.25) is 0 Å².